The van der Waals surface area contributed by atoms with E-state index < -0.39 is 0 Å². The van der Waals surface area contributed by atoms with Crippen LogP contribution in [-0.2, 0) is 11.3 Å². The van der Waals surface area contributed by atoms with Crippen LogP contribution >= 0.6 is 36.4 Å². The Hall–Kier alpha value is -0.520. The Kier molecular flexibility index (Phi) is 9.54. The number of nitrogens with zero attached hydrogens (tertiary/aromatic N) is 2. The van der Waals surface area contributed by atoms with Crippen LogP contribution in [0.1, 0.15) is 31.2 Å². The fraction of sp³-hybridized carbons (Fsp3) is 0.611. The van der Waals surface area contributed by atoms with Crippen molar-refractivity contribution in [3.63, 3.8) is 0 Å². The van der Waals surface area contributed by atoms with Crippen LogP contribution in [-0.4, -0.2) is 47.9 Å². The molecule has 2 fully saturated rings. The first-order valence-electron chi connectivity index (χ1n) is 8.63. The van der Waals surface area contributed by atoms with Gasteiger partial charge in [0.2, 0.25) is 5.91 Å². The molecule has 2 atom stereocenters. The molecule has 1 aromatic rings. The van der Waals surface area contributed by atoms with Crippen molar-refractivity contribution in [2.45, 2.75) is 38.3 Å². The van der Waals surface area contributed by atoms with Gasteiger partial charge in [0.15, 0.2) is 0 Å². The SMILES string of the molecule is Cl.Cl.NC1CCC(C(=O)N2CCCN(Cc3ccc(Cl)cc3)CC2)C1. The van der Waals surface area contributed by atoms with E-state index in [0.717, 1.165) is 63.4 Å². The summed E-state index contributed by atoms with van der Waals surface area (Å²) in [6.45, 7) is 4.61. The Morgan fingerprint density at radius 3 is 2.44 bits per heavy atom. The molecule has 1 heterocycles. The lowest BCUT2D eigenvalue weighted by Gasteiger charge is -2.24. The first-order valence-corrected chi connectivity index (χ1v) is 9.01. The number of carbonyl (C=O) groups is 1. The average Bonchev–Trinajstić information content (AvgIpc) is 2.84. The summed E-state index contributed by atoms with van der Waals surface area (Å²) in [7, 11) is 0. The van der Waals surface area contributed by atoms with E-state index >= 15 is 0 Å². The maximum atomic E-state index is 12.6. The van der Waals surface area contributed by atoms with Crippen molar-refractivity contribution in [2.24, 2.45) is 11.7 Å². The van der Waals surface area contributed by atoms with E-state index in [4.69, 9.17) is 17.3 Å². The lowest BCUT2D eigenvalue weighted by Crippen LogP contribution is -2.38. The van der Waals surface area contributed by atoms with Gasteiger partial charge >= 0.3 is 0 Å². The highest BCUT2D eigenvalue weighted by Crippen LogP contribution is 2.26. The molecule has 25 heavy (non-hydrogen) atoms. The molecule has 0 radical (unpaired) electrons. The number of nitrogens with two attached hydrogens (primary N) is 1. The van der Waals surface area contributed by atoms with E-state index in [0.29, 0.717) is 5.91 Å². The molecule has 0 spiro atoms. The van der Waals surface area contributed by atoms with E-state index in [9.17, 15) is 4.79 Å². The Morgan fingerprint density at radius 1 is 1.08 bits per heavy atom. The van der Waals surface area contributed by atoms with Crippen LogP contribution in [0.15, 0.2) is 24.3 Å². The molecule has 3 rings (SSSR count). The van der Waals surface area contributed by atoms with Gasteiger partial charge < -0.3 is 10.6 Å². The molecule has 4 nitrogen and oxygen atoms in total. The molecule has 1 aliphatic carbocycles. The number of hydrogen-bond donors (Lipinski definition) is 1. The Labute approximate surface area is 167 Å². The van der Waals surface area contributed by atoms with Crippen molar-refractivity contribution in [1.82, 2.24) is 9.80 Å². The molecule has 2 aliphatic rings. The van der Waals surface area contributed by atoms with Crippen LogP contribution in [0, 0.1) is 5.92 Å². The smallest absolute Gasteiger partial charge is 0.225 e. The molecule has 2 N–H and O–H groups in total. The fourth-order valence-electron chi connectivity index (χ4n) is 3.70. The molecule has 1 aliphatic heterocycles. The van der Waals surface area contributed by atoms with Crippen LogP contribution in [0.4, 0.5) is 0 Å². The highest BCUT2D eigenvalue weighted by molar-refractivity contribution is 6.30. The Bertz CT molecular complexity index is 541. The van der Waals surface area contributed by atoms with Gasteiger partial charge in [0, 0.05) is 49.7 Å². The zero-order valence-electron chi connectivity index (χ0n) is 14.4. The largest absolute Gasteiger partial charge is 0.341 e. The number of hydrogen-bond acceptors (Lipinski definition) is 3. The van der Waals surface area contributed by atoms with E-state index in [1.54, 1.807) is 0 Å². The van der Waals surface area contributed by atoms with Crippen LogP contribution in [0.25, 0.3) is 0 Å². The topological polar surface area (TPSA) is 49.6 Å². The Balaban J connectivity index is 0.00000156. The molecule has 1 aromatic carbocycles. The summed E-state index contributed by atoms with van der Waals surface area (Å²) >= 11 is 5.94. The highest BCUT2D eigenvalue weighted by Gasteiger charge is 2.31. The van der Waals surface area contributed by atoms with Crippen molar-refractivity contribution >= 4 is 42.3 Å². The highest BCUT2D eigenvalue weighted by atomic mass is 35.5. The van der Waals surface area contributed by atoms with Gasteiger partial charge in [-0.15, -0.1) is 24.8 Å². The second-order valence-corrected chi connectivity index (χ2v) is 7.29. The molecule has 142 valence electrons. The van der Waals surface area contributed by atoms with E-state index in [2.05, 4.69) is 21.9 Å². The van der Waals surface area contributed by atoms with E-state index in [1.807, 2.05) is 12.1 Å². The predicted octanol–water partition coefficient (Wildman–Crippen LogP) is 3.35. The summed E-state index contributed by atoms with van der Waals surface area (Å²) in [5, 5.41) is 0.774. The van der Waals surface area contributed by atoms with Crippen LogP contribution in [0.5, 0.6) is 0 Å². The standard InChI is InChI=1S/C18H26ClN3O.2ClH/c19-16-5-2-14(3-6-16)13-21-8-1-9-22(11-10-21)18(23)15-4-7-17(20)12-15;;/h2-3,5-6,15,17H,1,4,7-13,20H2;2*1H. The summed E-state index contributed by atoms with van der Waals surface area (Å²) < 4.78 is 0. The maximum absolute atomic E-state index is 12.6. The molecule has 1 amide bonds. The third-order valence-electron chi connectivity index (χ3n) is 5.04. The quantitative estimate of drug-likeness (QED) is 0.834. The van der Waals surface area contributed by atoms with Crippen molar-refractivity contribution in [3.05, 3.63) is 34.9 Å². The summed E-state index contributed by atoms with van der Waals surface area (Å²) in [5.74, 6) is 0.485. The van der Waals surface area contributed by atoms with Crippen LogP contribution in [0.3, 0.4) is 0 Å². The maximum Gasteiger partial charge on any atom is 0.225 e. The van der Waals surface area contributed by atoms with Crippen molar-refractivity contribution in [2.75, 3.05) is 26.2 Å². The first kappa shape index (κ1) is 22.5. The molecule has 2 unspecified atom stereocenters. The van der Waals surface area contributed by atoms with E-state index in [-0.39, 0.29) is 36.8 Å². The summed E-state index contributed by atoms with van der Waals surface area (Å²) in [6, 6.07) is 8.26. The third-order valence-corrected chi connectivity index (χ3v) is 5.29. The second kappa shape index (κ2) is 10.6. The van der Waals surface area contributed by atoms with Gasteiger partial charge in [0.1, 0.15) is 0 Å². The normalized spacial score (nSPS) is 24.2. The third kappa shape index (κ3) is 6.30. The molecule has 0 bridgehead atoms. The first-order chi connectivity index (χ1) is 11.1. The Morgan fingerprint density at radius 2 is 1.80 bits per heavy atom. The molecule has 0 aromatic heterocycles. The zero-order valence-corrected chi connectivity index (χ0v) is 16.8. The number of carbonyl (C=O) groups excluding carboxylic acids is 1. The summed E-state index contributed by atoms with van der Waals surface area (Å²) in [5.41, 5.74) is 7.23. The fourth-order valence-corrected chi connectivity index (χ4v) is 3.82. The zero-order chi connectivity index (χ0) is 16.2. The van der Waals surface area contributed by atoms with E-state index in [1.165, 1.54) is 5.56 Å². The molecule has 1 saturated carbocycles. The minimum Gasteiger partial charge on any atom is -0.341 e. The minimum atomic E-state index is 0. The van der Waals surface area contributed by atoms with Gasteiger partial charge in [-0.25, -0.2) is 0 Å². The number of amides is 1. The van der Waals surface area contributed by atoms with Crippen molar-refractivity contribution in [3.8, 4) is 0 Å². The minimum absolute atomic E-state index is 0. The van der Waals surface area contributed by atoms with Gasteiger partial charge in [0.25, 0.3) is 0 Å². The van der Waals surface area contributed by atoms with Gasteiger partial charge in [0.05, 0.1) is 0 Å². The number of halogens is 3. The van der Waals surface area contributed by atoms with Crippen molar-refractivity contribution < 1.29 is 4.79 Å². The van der Waals surface area contributed by atoms with Crippen molar-refractivity contribution in [1.29, 1.82) is 0 Å². The van der Waals surface area contributed by atoms with Gasteiger partial charge in [-0.1, -0.05) is 23.7 Å². The van der Waals surface area contributed by atoms with Crippen LogP contribution in [0.2, 0.25) is 5.02 Å². The molecule has 7 heteroatoms. The molecule has 1 saturated heterocycles. The second-order valence-electron chi connectivity index (χ2n) is 6.85. The lowest BCUT2D eigenvalue weighted by molar-refractivity contribution is -0.135. The summed E-state index contributed by atoms with van der Waals surface area (Å²) in [6.07, 6.45) is 3.86. The number of rotatable bonds is 3. The van der Waals surface area contributed by atoms with Gasteiger partial charge in [-0.3, -0.25) is 9.69 Å². The molecular formula is C18H28Cl3N3O. The monoisotopic (exact) mass is 407 g/mol. The lowest BCUT2D eigenvalue weighted by atomic mass is 10.1. The van der Waals surface area contributed by atoms with Crippen LogP contribution < -0.4 is 5.73 Å². The average molecular weight is 409 g/mol. The van der Waals surface area contributed by atoms with Gasteiger partial charge in [-0.05, 0) is 43.4 Å². The number of benzene rings is 1. The summed E-state index contributed by atoms with van der Waals surface area (Å²) in [4.78, 5) is 17.1. The van der Waals surface area contributed by atoms with Gasteiger partial charge in [-0.2, -0.15) is 0 Å². The predicted molar refractivity (Wildman–Crippen MR) is 108 cm³/mol. The molecular weight excluding hydrogens is 381 g/mol.